The van der Waals surface area contributed by atoms with Gasteiger partial charge in [0, 0.05) is 5.75 Å². The SMILES string of the molecule is CCS(=O)(=O)[C@](Br)(I)[C@@H](O)c1ccc(-c2ccccc2)cc1. The van der Waals surface area contributed by atoms with Crippen LogP contribution in [0.1, 0.15) is 18.6 Å². The van der Waals surface area contributed by atoms with Gasteiger partial charge in [-0.25, -0.2) is 8.42 Å². The molecule has 0 aliphatic rings. The predicted molar refractivity (Wildman–Crippen MR) is 102 cm³/mol. The van der Waals surface area contributed by atoms with Crippen molar-refractivity contribution in [2.24, 2.45) is 0 Å². The Hall–Kier alpha value is -0.440. The summed E-state index contributed by atoms with van der Waals surface area (Å²) in [5.41, 5.74) is 2.65. The van der Waals surface area contributed by atoms with E-state index in [9.17, 15) is 13.5 Å². The highest BCUT2D eigenvalue weighted by atomic mass is 127. The molecule has 2 aromatic rings. The van der Waals surface area contributed by atoms with Crippen molar-refractivity contribution < 1.29 is 13.5 Å². The van der Waals surface area contributed by atoms with Crippen molar-refractivity contribution in [3.8, 4) is 11.1 Å². The fourth-order valence-electron chi connectivity index (χ4n) is 2.05. The maximum absolute atomic E-state index is 12.1. The van der Waals surface area contributed by atoms with E-state index in [1.54, 1.807) is 41.6 Å². The summed E-state index contributed by atoms with van der Waals surface area (Å²) in [5.74, 6) is -0.0413. The van der Waals surface area contributed by atoms with Crippen LogP contribution < -0.4 is 0 Å². The molecule has 0 saturated carbocycles. The summed E-state index contributed by atoms with van der Waals surface area (Å²) >= 11 is 4.92. The number of halogens is 2. The number of hydrogen-bond donors (Lipinski definition) is 1. The van der Waals surface area contributed by atoms with E-state index in [1.165, 1.54) is 0 Å². The molecule has 0 spiro atoms. The first-order valence-electron chi connectivity index (χ1n) is 6.73. The Morgan fingerprint density at radius 1 is 1.09 bits per heavy atom. The molecule has 2 aromatic carbocycles. The normalized spacial score (nSPS) is 16.0. The van der Waals surface area contributed by atoms with E-state index in [4.69, 9.17) is 0 Å². The smallest absolute Gasteiger partial charge is 0.207 e. The Morgan fingerprint density at radius 3 is 2.09 bits per heavy atom. The fourth-order valence-corrected chi connectivity index (χ4v) is 5.15. The molecule has 0 radical (unpaired) electrons. The number of sulfone groups is 1. The average Bonchev–Trinajstić information content (AvgIpc) is 2.55. The summed E-state index contributed by atoms with van der Waals surface area (Å²) in [6.07, 6.45) is -1.15. The minimum absolute atomic E-state index is 0.0413. The van der Waals surface area contributed by atoms with Crippen LogP contribution in [-0.2, 0) is 9.84 Å². The Balaban J connectivity index is 2.31. The summed E-state index contributed by atoms with van der Waals surface area (Å²) in [5, 5.41) is 10.4. The molecule has 0 heterocycles. The lowest BCUT2D eigenvalue weighted by Gasteiger charge is -2.26. The van der Waals surface area contributed by atoms with Crippen molar-refractivity contribution in [2.45, 2.75) is 14.7 Å². The highest BCUT2D eigenvalue weighted by Crippen LogP contribution is 2.45. The van der Waals surface area contributed by atoms with Gasteiger partial charge in [0.15, 0.2) is 9.84 Å². The first-order valence-corrected chi connectivity index (χ1v) is 10.3. The number of hydrogen-bond acceptors (Lipinski definition) is 3. The van der Waals surface area contributed by atoms with Gasteiger partial charge < -0.3 is 5.11 Å². The van der Waals surface area contributed by atoms with Gasteiger partial charge in [-0.15, -0.1) is 0 Å². The molecular formula is C16H16BrIO3S. The van der Waals surface area contributed by atoms with Crippen molar-refractivity contribution in [3.63, 3.8) is 0 Å². The van der Waals surface area contributed by atoms with Crippen LogP contribution in [0.5, 0.6) is 0 Å². The van der Waals surface area contributed by atoms with Crippen LogP contribution in [0.2, 0.25) is 0 Å². The Morgan fingerprint density at radius 2 is 1.59 bits per heavy atom. The monoisotopic (exact) mass is 494 g/mol. The number of aliphatic hydroxyl groups is 1. The zero-order valence-electron chi connectivity index (χ0n) is 11.9. The standard InChI is InChI=1S/C16H16BrIO3S/c1-2-22(20,21)16(17,18)15(19)14-10-8-13(9-11-14)12-6-4-3-5-7-12/h3-11,15,19H,2H2,1H3/t15-,16+/m0/s1. The summed E-state index contributed by atoms with van der Waals surface area (Å²) in [4.78, 5) is 0. The molecule has 0 aromatic heterocycles. The molecule has 2 atom stereocenters. The van der Waals surface area contributed by atoms with Crippen LogP contribution >= 0.6 is 38.5 Å². The van der Waals surface area contributed by atoms with E-state index in [1.807, 2.05) is 42.5 Å². The van der Waals surface area contributed by atoms with Crippen LogP contribution in [0.15, 0.2) is 54.6 Å². The second-order valence-electron chi connectivity index (χ2n) is 4.86. The molecule has 0 fully saturated rings. The van der Waals surface area contributed by atoms with Crippen LogP contribution in [0.4, 0.5) is 0 Å². The molecular weight excluding hydrogens is 479 g/mol. The minimum atomic E-state index is -3.45. The van der Waals surface area contributed by atoms with Gasteiger partial charge in [0.2, 0.25) is 1.66 Å². The highest BCUT2D eigenvalue weighted by molar-refractivity contribution is 14.1. The van der Waals surface area contributed by atoms with Crippen molar-refractivity contribution >= 4 is 48.4 Å². The third-order valence-electron chi connectivity index (χ3n) is 3.45. The van der Waals surface area contributed by atoms with Gasteiger partial charge in [-0.3, -0.25) is 0 Å². The fraction of sp³-hybridized carbons (Fsp3) is 0.250. The maximum atomic E-state index is 12.1. The Bertz CT molecular complexity index is 728. The number of aliphatic hydroxyl groups excluding tert-OH is 1. The largest absolute Gasteiger partial charge is 0.385 e. The zero-order chi connectivity index (χ0) is 16.4. The van der Waals surface area contributed by atoms with Gasteiger partial charge in [-0.05, 0) is 39.3 Å². The first-order chi connectivity index (χ1) is 10.3. The van der Waals surface area contributed by atoms with Crippen molar-refractivity contribution in [1.82, 2.24) is 0 Å². The van der Waals surface area contributed by atoms with Gasteiger partial charge in [-0.1, -0.05) is 77.5 Å². The molecule has 118 valence electrons. The summed E-state index contributed by atoms with van der Waals surface area (Å²) in [7, 11) is -3.45. The van der Waals surface area contributed by atoms with E-state index in [2.05, 4.69) is 15.9 Å². The summed E-state index contributed by atoms with van der Waals surface area (Å²) in [6, 6.07) is 17.1. The minimum Gasteiger partial charge on any atom is -0.385 e. The zero-order valence-corrected chi connectivity index (χ0v) is 16.5. The van der Waals surface area contributed by atoms with Gasteiger partial charge in [0.05, 0.1) is 0 Å². The van der Waals surface area contributed by atoms with E-state index in [0.717, 1.165) is 11.1 Å². The van der Waals surface area contributed by atoms with Crippen molar-refractivity contribution in [2.75, 3.05) is 5.75 Å². The quantitative estimate of drug-likeness (QED) is 0.498. The molecule has 0 aliphatic carbocycles. The molecule has 1 N–H and O–H groups in total. The number of alkyl halides is 2. The van der Waals surface area contributed by atoms with Crippen molar-refractivity contribution in [3.05, 3.63) is 60.2 Å². The second kappa shape index (κ2) is 6.98. The second-order valence-corrected chi connectivity index (χ2v) is 13.0. The van der Waals surface area contributed by atoms with Crippen LogP contribution in [-0.4, -0.2) is 20.9 Å². The molecule has 3 nitrogen and oxygen atoms in total. The van der Waals surface area contributed by atoms with E-state index >= 15 is 0 Å². The molecule has 0 unspecified atom stereocenters. The third-order valence-corrected chi connectivity index (χ3v) is 9.78. The maximum Gasteiger partial charge on any atom is 0.207 e. The van der Waals surface area contributed by atoms with Gasteiger partial charge in [0.1, 0.15) is 6.10 Å². The molecule has 6 heteroatoms. The molecule has 0 amide bonds. The number of rotatable bonds is 5. The molecule has 0 saturated heterocycles. The van der Waals surface area contributed by atoms with Gasteiger partial charge in [-0.2, -0.15) is 0 Å². The predicted octanol–water partition coefficient (Wildman–Crippen LogP) is 4.31. The van der Waals surface area contributed by atoms with E-state index < -0.39 is 17.6 Å². The lowest BCUT2D eigenvalue weighted by Crippen LogP contribution is -2.33. The summed E-state index contributed by atoms with van der Waals surface area (Å²) in [6.45, 7) is 1.56. The summed E-state index contributed by atoms with van der Waals surface area (Å²) < 4.78 is 22.8. The average molecular weight is 495 g/mol. The van der Waals surface area contributed by atoms with Gasteiger partial charge in [0.25, 0.3) is 0 Å². The lowest BCUT2D eigenvalue weighted by molar-refractivity contribution is 0.191. The van der Waals surface area contributed by atoms with Crippen molar-refractivity contribution in [1.29, 1.82) is 0 Å². The van der Waals surface area contributed by atoms with Gasteiger partial charge >= 0.3 is 0 Å². The third kappa shape index (κ3) is 3.55. The highest BCUT2D eigenvalue weighted by Gasteiger charge is 2.45. The molecule has 0 bridgehead atoms. The molecule has 22 heavy (non-hydrogen) atoms. The van der Waals surface area contributed by atoms with Crippen LogP contribution in [0, 0.1) is 0 Å². The first kappa shape index (κ1) is 17.9. The number of benzene rings is 2. The Kier molecular flexibility index (Phi) is 5.68. The van der Waals surface area contributed by atoms with Crippen LogP contribution in [0.3, 0.4) is 0 Å². The Labute approximate surface area is 152 Å². The molecule has 2 rings (SSSR count). The lowest BCUT2D eigenvalue weighted by atomic mass is 10.0. The van der Waals surface area contributed by atoms with E-state index in [-0.39, 0.29) is 5.75 Å². The topological polar surface area (TPSA) is 54.4 Å². The van der Waals surface area contributed by atoms with Crippen LogP contribution in [0.25, 0.3) is 11.1 Å². The van der Waals surface area contributed by atoms with E-state index in [0.29, 0.717) is 5.56 Å². The molecule has 0 aliphatic heterocycles.